The number of carbonyl (C=O) groups is 2. The molecule has 1 saturated heterocycles. The van der Waals surface area contributed by atoms with Gasteiger partial charge in [-0.2, -0.15) is 0 Å². The number of benzene rings is 1. The number of fused-ring (bicyclic) bond motifs is 2. The van der Waals surface area contributed by atoms with Crippen molar-refractivity contribution in [1.29, 1.82) is 0 Å². The Morgan fingerprint density at radius 1 is 1.25 bits per heavy atom. The molecule has 0 aromatic heterocycles. The van der Waals surface area contributed by atoms with Gasteiger partial charge in [-0.15, -0.1) is 0 Å². The van der Waals surface area contributed by atoms with Gasteiger partial charge in [0.2, 0.25) is 5.91 Å². The maximum Gasteiger partial charge on any atom is 0.317 e. The van der Waals surface area contributed by atoms with E-state index in [2.05, 4.69) is 15.5 Å². The number of urea groups is 1. The molecular weight excluding hydrogens is 308 g/mol. The number of rotatable bonds is 1. The molecule has 2 N–H and O–H groups in total. The largest absolute Gasteiger partial charge is 0.490 e. The van der Waals surface area contributed by atoms with Crippen LogP contribution in [0.5, 0.6) is 5.75 Å². The minimum atomic E-state index is -0.0474. The average Bonchev–Trinajstić information content (AvgIpc) is 3.37. The van der Waals surface area contributed by atoms with E-state index in [9.17, 15) is 9.59 Å². The highest BCUT2D eigenvalue weighted by Crippen LogP contribution is 2.26. The molecule has 1 atom stereocenters. The standard InChI is InChI=1S/C17H22N4O3/c22-16-10-20-7-8-21(17(23)18-12-5-6-12)9-13(20)11-24-15-4-2-1-3-14(15)19-16/h1-4,12-13H,5-11H2,(H,18,23)(H,19,22)/t13-/m1/s1. The molecule has 2 fully saturated rings. The second-order valence-electron chi connectivity index (χ2n) is 6.65. The number of ether oxygens (including phenoxy) is 1. The van der Waals surface area contributed by atoms with Crippen LogP contribution in [0.15, 0.2) is 24.3 Å². The third kappa shape index (κ3) is 3.31. The monoisotopic (exact) mass is 330 g/mol. The van der Waals surface area contributed by atoms with Gasteiger partial charge in [0.05, 0.1) is 18.3 Å². The maximum absolute atomic E-state index is 12.3. The fraction of sp³-hybridized carbons (Fsp3) is 0.529. The second kappa shape index (κ2) is 6.32. The third-order valence-electron chi connectivity index (χ3n) is 4.74. The SMILES string of the molecule is O=C1CN2CCN(C(=O)NC3CC3)C[C@@H]2COc2ccccc2N1. The van der Waals surface area contributed by atoms with Crippen molar-refractivity contribution < 1.29 is 14.3 Å². The number of hydrogen-bond acceptors (Lipinski definition) is 4. The fourth-order valence-corrected chi connectivity index (χ4v) is 3.19. The molecule has 24 heavy (non-hydrogen) atoms. The molecule has 2 aliphatic heterocycles. The molecule has 0 spiro atoms. The molecule has 1 aromatic carbocycles. The predicted octanol–water partition coefficient (Wildman–Crippen LogP) is 0.876. The molecule has 128 valence electrons. The normalized spacial score (nSPS) is 24.4. The van der Waals surface area contributed by atoms with Crippen LogP contribution in [0.1, 0.15) is 12.8 Å². The van der Waals surface area contributed by atoms with Gasteiger partial charge in [0, 0.05) is 25.7 Å². The quantitative estimate of drug-likeness (QED) is 0.801. The highest BCUT2D eigenvalue weighted by atomic mass is 16.5. The zero-order valence-corrected chi connectivity index (χ0v) is 13.5. The Labute approximate surface area is 140 Å². The average molecular weight is 330 g/mol. The van der Waals surface area contributed by atoms with Crippen molar-refractivity contribution in [2.24, 2.45) is 0 Å². The molecule has 4 rings (SSSR count). The summed E-state index contributed by atoms with van der Waals surface area (Å²) in [5.41, 5.74) is 0.700. The van der Waals surface area contributed by atoms with E-state index in [0.29, 0.717) is 50.3 Å². The van der Waals surface area contributed by atoms with E-state index in [1.165, 1.54) is 0 Å². The van der Waals surface area contributed by atoms with E-state index in [1.54, 1.807) is 0 Å². The lowest BCUT2D eigenvalue weighted by Crippen LogP contribution is -2.59. The summed E-state index contributed by atoms with van der Waals surface area (Å²) in [6.45, 7) is 2.67. The topological polar surface area (TPSA) is 73.9 Å². The summed E-state index contributed by atoms with van der Waals surface area (Å²) in [7, 11) is 0. The van der Waals surface area contributed by atoms with Gasteiger partial charge < -0.3 is 20.3 Å². The van der Waals surface area contributed by atoms with Gasteiger partial charge >= 0.3 is 6.03 Å². The first-order valence-corrected chi connectivity index (χ1v) is 8.50. The first-order chi connectivity index (χ1) is 11.7. The van der Waals surface area contributed by atoms with Crippen LogP contribution in [0.3, 0.4) is 0 Å². The van der Waals surface area contributed by atoms with Crippen molar-refractivity contribution in [3.05, 3.63) is 24.3 Å². The molecule has 7 nitrogen and oxygen atoms in total. The lowest BCUT2D eigenvalue weighted by atomic mass is 10.2. The lowest BCUT2D eigenvalue weighted by molar-refractivity contribution is -0.118. The van der Waals surface area contributed by atoms with Gasteiger partial charge in [-0.25, -0.2) is 4.79 Å². The van der Waals surface area contributed by atoms with Gasteiger partial charge in [-0.1, -0.05) is 12.1 Å². The number of nitrogens with zero attached hydrogens (tertiary/aromatic N) is 2. The van der Waals surface area contributed by atoms with Crippen molar-refractivity contribution >= 4 is 17.6 Å². The number of anilines is 1. The third-order valence-corrected chi connectivity index (χ3v) is 4.74. The molecule has 3 amide bonds. The van der Waals surface area contributed by atoms with E-state index in [1.807, 2.05) is 29.2 Å². The molecule has 1 saturated carbocycles. The summed E-state index contributed by atoms with van der Waals surface area (Å²) >= 11 is 0. The van der Waals surface area contributed by atoms with Crippen LogP contribution in [0.2, 0.25) is 0 Å². The second-order valence-corrected chi connectivity index (χ2v) is 6.65. The lowest BCUT2D eigenvalue weighted by Gasteiger charge is -2.40. The molecule has 2 heterocycles. The summed E-state index contributed by atoms with van der Waals surface area (Å²) in [6, 6.07) is 7.82. The van der Waals surface area contributed by atoms with Crippen LogP contribution < -0.4 is 15.4 Å². The van der Waals surface area contributed by atoms with Crippen LogP contribution in [-0.4, -0.2) is 66.6 Å². The Bertz CT molecular complexity index is 646. The smallest absolute Gasteiger partial charge is 0.317 e. The van der Waals surface area contributed by atoms with Crippen molar-refractivity contribution in [3.63, 3.8) is 0 Å². The van der Waals surface area contributed by atoms with Crippen LogP contribution in [-0.2, 0) is 4.79 Å². The number of hydrogen-bond donors (Lipinski definition) is 2. The van der Waals surface area contributed by atoms with Crippen molar-refractivity contribution in [2.75, 3.05) is 38.1 Å². The maximum atomic E-state index is 12.3. The van der Waals surface area contributed by atoms with Gasteiger partial charge in [0.25, 0.3) is 0 Å². The van der Waals surface area contributed by atoms with Crippen LogP contribution in [0.4, 0.5) is 10.5 Å². The fourth-order valence-electron chi connectivity index (χ4n) is 3.19. The molecular formula is C17H22N4O3. The Morgan fingerprint density at radius 3 is 2.92 bits per heavy atom. The number of amides is 3. The molecule has 1 aliphatic carbocycles. The summed E-state index contributed by atoms with van der Waals surface area (Å²) in [5.74, 6) is 0.626. The van der Waals surface area contributed by atoms with E-state index in [0.717, 1.165) is 12.8 Å². The van der Waals surface area contributed by atoms with Gasteiger partial charge in [-0.05, 0) is 25.0 Å². The van der Waals surface area contributed by atoms with Crippen LogP contribution >= 0.6 is 0 Å². The van der Waals surface area contributed by atoms with Gasteiger partial charge in [-0.3, -0.25) is 9.69 Å². The van der Waals surface area contributed by atoms with E-state index in [-0.39, 0.29) is 18.0 Å². The molecule has 0 radical (unpaired) electrons. The molecule has 0 unspecified atom stereocenters. The number of nitrogens with one attached hydrogen (secondary N) is 2. The summed E-state index contributed by atoms with van der Waals surface area (Å²) in [5, 5.41) is 5.94. The highest BCUT2D eigenvalue weighted by Gasteiger charge is 2.34. The Kier molecular flexibility index (Phi) is 4.02. The molecule has 7 heteroatoms. The van der Waals surface area contributed by atoms with Crippen molar-refractivity contribution in [2.45, 2.75) is 24.9 Å². The molecule has 1 aromatic rings. The van der Waals surface area contributed by atoms with E-state index < -0.39 is 0 Å². The summed E-state index contributed by atoms with van der Waals surface area (Å²) in [4.78, 5) is 28.5. The van der Waals surface area contributed by atoms with E-state index in [4.69, 9.17) is 4.74 Å². The van der Waals surface area contributed by atoms with Crippen LogP contribution in [0.25, 0.3) is 0 Å². The minimum Gasteiger partial charge on any atom is -0.490 e. The first-order valence-electron chi connectivity index (χ1n) is 8.50. The summed E-state index contributed by atoms with van der Waals surface area (Å²) < 4.78 is 5.93. The number of piperazine rings is 1. The Balaban J connectivity index is 1.47. The highest BCUT2D eigenvalue weighted by molar-refractivity contribution is 5.93. The predicted molar refractivity (Wildman–Crippen MR) is 89.1 cm³/mol. The van der Waals surface area contributed by atoms with Gasteiger partial charge in [0.1, 0.15) is 12.4 Å². The number of carbonyl (C=O) groups excluding carboxylic acids is 2. The molecule has 3 aliphatic rings. The number of para-hydroxylation sites is 2. The zero-order chi connectivity index (χ0) is 16.5. The van der Waals surface area contributed by atoms with Crippen LogP contribution in [0, 0.1) is 0 Å². The first kappa shape index (κ1) is 15.3. The molecule has 0 bridgehead atoms. The van der Waals surface area contributed by atoms with E-state index >= 15 is 0 Å². The van der Waals surface area contributed by atoms with Crippen molar-refractivity contribution in [3.8, 4) is 5.75 Å². The zero-order valence-electron chi connectivity index (χ0n) is 13.5. The minimum absolute atomic E-state index is 0.00173. The Hall–Kier alpha value is -2.28. The summed E-state index contributed by atoms with van der Waals surface area (Å²) in [6.07, 6.45) is 2.16. The van der Waals surface area contributed by atoms with Crippen molar-refractivity contribution in [1.82, 2.24) is 15.1 Å². The van der Waals surface area contributed by atoms with Gasteiger partial charge in [0.15, 0.2) is 0 Å². The Morgan fingerprint density at radius 2 is 2.08 bits per heavy atom.